The van der Waals surface area contributed by atoms with E-state index in [0.717, 1.165) is 31.0 Å². The van der Waals surface area contributed by atoms with Gasteiger partial charge in [0, 0.05) is 36.3 Å². The number of likely N-dealkylation sites (tertiary alicyclic amines) is 1. The molecule has 0 aromatic heterocycles. The van der Waals surface area contributed by atoms with Crippen LogP contribution in [0.1, 0.15) is 18.4 Å². The van der Waals surface area contributed by atoms with Crippen molar-refractivity contribution in [2.24, 2.45) is 17.6 Å². The van der Waals surface area contributed by atoms with Crippen molar-refractivity contribution in [3.63, 3.8) is 0 Å². The molecule has 3 atom stereocenters. The highest BCUT2D eigenvalue weighted by Gasteiger charge is 2.40. The molecule has 0 radical (unpaired) electrons. The second kappa shape index (κ2) is 4.80. The molecule has 1 aromatic rings. The average molecular weight is 269 g/mol. The lowest BCUT2D eigenvalue weighted by Gasteiger charge is -2.18. The van der Waals surface area contributed by atoms with Gasteiger partial charge in [-0.15, -0.1) is 0 Å². The van der Waals surface area contributed by atoms with Gasteiger partial charge in [-0.25, -0.2) is 4.39 Å². The van der Waals surface area contributed by atoms with Gasteiger partial charge in [0.15, 0.2) is 0 Å². The zero-order chi connectivity index (χ0) is 12.7. The van der Waals surface area contributed by atoms with E-state index in [2.05, 4.69) is 4.90 Å². The summed E-state index contributed by atoms with van der Waals surface area (Å²) in [4.78, 5) is 2.32. The van der Waals surface area contributed by atoms with Gasteiger partial charge in [0.25, 0.3) is 0 Å². The third-order valence-electron chi connectivity index (χ3n) is 4.40. The van der Waals surface area contributed by atoms with Crippen LogP contribution in [0.25, 0.3) is 0 Å². The van der Waals surface area contributed by atoms with Crippen LogP contribution in [-0.4, -0.2) is 24.0 Å². The Balaban J connectivity index is 1.68. The van der Waals surface area contributed by atoms with Crippen LogP contribution in [0, 0.1) is 17.7 Å². The highest BCUT2D eigenvalue weighted by Crippen LogP contribution is 2.37. The van der Waals surface area contributed by atoms with Crippen LogP contribution >= 0.6 is 11.6 Å². The minimum atomic E-state index is -0.205. The molecule has 2 aliphatic rings. The van der Waals surface area contributed by atoms with E-state index in [-0.39, 0.29) is 5.82 Å². The Hall–Kier alpha value is -0.640. The van der Waals surface area contributed by atoms with Crippen molar-refractivity contribution in [2.45, 2.75) is 25.4 Å². The Labute approximate surface area is 112 Å². The molecular formula is C14H18ClFN2. The molecule has 3 rings (SSSR count). The van der Waals surface area contributed by atoms with Crippen LogP contribution in [-0.2, 0) is 6.54 Å². The molecule has 0 spiro atoms. The van der Waals surface area contributed by atoms with E-state index in [1.807, 2.05) is 0 Å². The summed E-state index contributed by atoms with van der Waals surface area (Å²) >= 11 is 5.76. The third kappa shape index (κ3) is 2.27. The first-order valence-electron chi connectivity index (χ1n) is 6.55. The molecule has 98 valence electrons. The van der Waals surface area contributed by atoms with Gasteiger partial charge in [-0.05, 0) is 36.8 Å². The molecule has 1 aliphatic heterocycles. The maximum absolute atomic E-state index is 13.7. The van der Waals surface area contributed by atoms with Gasteiger partial charge >= 0.3 is 0 Å². The minimum absolute atomic E-state index is 0.205. The monoisotopic (exact) mass is 268 g/mol. The van der Waals surface area contributed by atoms with Gasteiger partial charge in [0.2, 0.25) is 0 Å². The van der Waals surface area contributed by atoms with Crippen LogP contribution in [0.5, 0.6) is 0 Å². The second-order valence-corrected chi connectivity index (χ2v) is 6.03. The van der Waals surface area contributed by atoms with Crippen molar-refractivity contribution in [1.82, 2.24) is 4.90 Å². The fourth-order valence-corrected chi connectivity index (χ4v) is 3.58. The summed E-state index contributed by atoms with van der Waals surface area (Å²) in [6.45, 7) is 2.73. The number of nitrogens with two attached hydrogens (primary N) is 1. The van der Waals surface area contributed by atoms with Crippen LogP contribution in [0.4, 0.5) is 4.39 Å². The molecule has 1 aliphatic carbocycles. The van der Waals surface area contributed by atoms with Gasteiger partial charge in [-0.3, -0.25) is 4.90 Å². The molecule has 0 amide bonds. The predicted octanol–water partition coefficient (Wildman–Crippen LogP) is 2.65. The highest BCUT2D eigenvalue weighted by atomic mass is 35.5. The smallest absolute Gasteiger partial charge is 0.129 e. The molecule has 1 saturated carbocycles. The standard InChI is InChI=1S/C14H18ClFN2/c15-11-3-1-10(13(16)5-11)7-18-6-9-2-4-14(17)12(9)8-18/h1,3,5,9,12,14H,2,4,6-8,17H2. The van der Waals surface area contributed by atoms with E-state index in [9.17, 15) is 4.39 Å². The Bertz CT molecular complexity index is 451. The van der Waals surface area contributed by atoms with Gasteiger partial charge in [-0.1, -0.05) is 17.7 Å². The van der Waals surface area contributed by atoms with E-state index in [1.54, 1.807) is 12.1 Å². The number of hydrogen-bond acceptors (Lipinski definition) is 2. The summed E-state index contributed by atoms with van der Waals surface area (Å²) in [5.41, 5.74) is 6.84. The van der Waals surface area contributed by atoms with Gasteiger partial charge in [0.05, 0.1) is 0 Å². The maximum Gasteiger partial charge on any atom is 0.129 e. The van der Waals surface area contributed by atoms with Crippen molar-refractivity contribution in [3.05, 3.63) is 34.6 Å². The van der Waals surface area contributed by atoms with Crippen molar-refractivity contribution >= 4 is 11.6 Å². The lowest BCUT2D eigenvalue weighted by molar-refractivity contribution is 0.294. The summed E-state index contributed by atoms with van der Waals surface area (Å²) in [5.74, 6) is 1.12. The zero-order valence-electron chi connectivity index (χ0n) is 10.3. The summed E-state index contributed by atoms with van der Waals surface area (Å²) in [6.07, 6.45) is 2.38. The summed E-state index contributed by atoms with van der Waals surface area (Å²) in [6, 6.07) is 5.27. The first-order valence-corrected chi connectivity index (χ1v) is 6.93. The molecule has 1 heterocycles. The molecule has 2 fully saturated rings. The van der Waals surface area contributed by atoms with E-state index in [1.165, 1.54) is 12.5 Å². The van der Waals surface area contributed by atoms with E-state index < -0.39 is 0 Å². The summed E-state index contributed by atoms with van der Waals surface area (Å²) in [5, 5.41) is 0.455. The SMILES string of the molecule is NC1CCC2CN(Cc3ccc(Cl)cc3F)CC12. The predicted molar refractivity (Wildman–Crippen MR) is 70.9 cm³/mol. The van der Waals surface area contributed by atoms with E-state index in [4.69, 9.17) is 17.3 Å². The van der Waals surface area contributed by atoms with Gasteiger partial charge in [-0.2, -0.15) is 0 Å². The first kappa shape index (κ1) is 12.4. The Kier molecular flexibility index (Phi) is 3.31. The second-order valence-electron chi connectivity index (χ2n) is 5.59. The number of rotatable bonds is 2. The molecule has 3 unspecified atom stereocenters. The fraction of sp³-hybridized carbons (Fsp3) is 0.571. The number of halogens is 2. The molecule has 18 heavy (non-hydrogen) atoms. The Morgan fingerprint density at radius 1 is 1.33 bits per heavy atom. The van der Waals surface area contributed by atoms with Crippen LogP contribution in [0.15, 0.2) is 18.2 Å². The summed E-state index contributed by atoms with van der Waals surface area (Å²) in [7, 11) is 0. The largest absolute Gasteiger partial charge is 0.327 e. The molecular weight excluding hydrogens is 251 g/mol. The number of benzene rings is 1. The third-order valence-corrected chi connectivity index (χ3v) is 4.63. The molecule has 2 N–H and O–H groups in total. The number of fused-ring (bicyclic) bond motifs is 1. The Morgan fingerprint density at radius 3 is 2.89 bits per heavy atom. The topological polar surface area (TPSA) is 29.3 Å². The molecule has 1 saturated heterocycles. The zero-order valence-corrected chi connectivity index (χ0v) is 11.0. The molecule has 0 bridgehead atoms. The van der Waals surface area contributed by atoms with Crippen molar-refractivity contribution < 1.29 is 4.39 Å². The van der Waals surface area contributed by atoms with Crippen LogP contribution in [0.3, 0.4) is 0 Å². The minimum Gasteiger partial charge on any atom is -0.327 e. The molecule has 4 heteroatoms. The molecule has 2 nitrogen and oxygen atoms in total. The van der Waals surface area contributed by atoms with Crippen molar-refractivity contribution in [2.75, 3.05) is 13.1 Å². The number of nitrogens with zero attached hydrogens (tertiary/aromatic N) is 1. The summed E-state index contributed by atoms with van der Waals surface area (Å²) < 4.78 is 13.7. The van der Waals surface area contributed by atoms with E-state index >= 15 is 0 Å². The van der Waals surface area contributed by atoms with Gasteiger partial charge in [0.1, 0.15) is 5.82 Å². The van der Waals surface area contributed by atoms with Crippen LogP contribution < -0.4 is 5.73 Å². The Morgan fingerprint density at radius 2 is 2.17 bits per heavy atom. The normalized spacial score (nSPS) is 31.8. The fourth-order valence-electron chi connectivity index (χ4n) is 3.42. The van der Waals surface area contributed by atoms with Crippen LogP contribution in [0.2, 0.25) is 5.02 Å². The van der Waals surface area contributed by atoms with Gasteiger partial charge < -0.3 is 5.73 Å². The first-order chi connectivity index (χ1) is 8.63. The maximum atomic E-state index is 13.7. The van der Waals surface area contributed by atoms with Crippen molar-refractivity contribution in [1.29, 1.82) is 0 Å². The molecule has 1 aromatic carbocycles. The average Bonchev–Trinajstić information content (AvgIpc) is 2.86. The lowest BCUT2D eigenvalue weighted by atomic mass is 9.98. The highest BCUT2D eigenvalue weighted by molar-refractivity contribution is 6.30. The lowest BCUT2D eigenvalue weighted by Crippen LogP contribution is -2.30. The van der Waals surface area contributed by atoms with E-state index in [0.29, 0.717) is 23.5 Å². The van der Waals surface area contributed by atoms with Crippen molar-refractivity contribution in [3.8, 4) is 0 Å². The quantitative estimate of drug-likeness (QED) is 0.894. The number of hydrogen-bond donors (Lipinski definition) is 1.